The van der Waals surface area contributed by atoms with Gasteiger partial charge in [-0.15, -0.1) is 0 Å². The Morgan fingerprint density at radius 2 is 1.97 bits per heavy atom. The molecule has 1 amide bonds. The molecule has 0 spiro atoms. The minimum Gasteiger partial charge on any atom is -0.376 e. The monoisotopic (exact) mass is 464 g/mol. The van der Waals surface area contributed by atoms with Crippen LogP contribution in [0.15, 0.2) is 41.2 Å². The highest BCUT2D eigenvalue weighted by molar-refractivity contribution is 5.94. The van der Waals surface area contributed by atoms with Crippen molar-refractivity contribution in [1.82, 2.24) is 24.8 Å². The minimum atomic E-state index is -0.195. The Kier molecular flexibility index (Phi) is 7.54. The summed E-state index contributed by atoms with van der Waals surface area (Å²) >= 11 is 0. The van der Waals surface area contributed by atoms with Crippen molar-refractivity contribution in [3.05, 3.63) is 58.0 Å². The molecule has 9 nitrogen and oxygen atoms in total. The highest BCUT2D eigenvalue weighted by Crippen LogP contribution is 2.19. The molecule has 1 fully saturated rings. The Morgan fingerprint density at radius 1 is 1.18 bits per heavy atom. The van der Waals surface area contributed by atoms with Gasteiger partial charge in [-0.05, 0) is 77.2 Å². The van der Waals surface area contributed by atoms with E-state index >= 15 is 0 Å². The summed E-state index contributed by atoms with van der Waals surface area (Å²) in [6.07, 6.45) is 3.04. The van der Waals surface area contributed by atoms with E-state index in [1.54, 1.807) is 34.9 Å². The van der Waals surface area contributed by atoms with E-state index in [9.17, 15) is 9.59 Å². The van der Waals surface area contributed by atoms with Crippen LogP contribution in [0.3, 0.4) is 0 Å². The number of anilines is 1. The highest BCUT2D eigenvalue weighted by atomic mass is 16.5. The number of carbonyl (C=O) groups excluding carboxylic acids is 1. The highest BCUT2D eigenvalue weighted by Gasteiger charge is 2.17. The number of benzene rings is 1. The number of pyridine rings is 1. The first-order valence-corrected chi connectivity index (χ1v) is 11.7. The number of hydrogen-bond acceptors (Lipinski definition) is 7. The van der Waals surface area contributed by atoms with Crippen molar-refractivity contribution < 1.29 is 9.53 Å². The van der Waals surface area contributed by atoms with E-state index in [2.05, 4.69) is 25.5 Å². The first kappa shape index (κ1) is 23.8. The maximum Gasteiger partial charge on any atom is 0.256 e. The van der Waals surface area contributed by atoms with Crippen LogP contribution in [0.1, 0.15) is 35.3 Å². The zero-order chi connectivity index (χ0) is 24.1. The molecule has 34 heavy (non-hydrogen) atoms. The largest absolute Gasteiger partial charge is 0.376 e. The van der Waals surface area contributed by atoms with Gasteiger partial charge in [0.05, 0.1) is 17.5 Å². The number of nitrogens with one attached hydrogen (secondary N) is 2. The summed E-state index contributed by atoms with van der Waals surface area (Å²) in [5.41, 5.74) is 2.30. The molecule has 1 aromatic carbocycles. The molecule has 180 valence electrons. The first-order chi connectivity index (χ1) is 16.4. The summed E-state index contributed by atoms with van der Waals surface area (Å²) in [5, 5.41) is 6.99. The Hall–Kier alpha value is -3.30. The molecule has 2 N–H and O–H groups in total. The standard InChI is InChI=1S/C25H32N6O3/c1-17-21-11-12-22(32)31(23(21)29-25(28-17)26-13-5-14-30(2)3)19-9-7-18(8-10-19)24(33)27-16-20-6-4-15-34-20/h7-12,20H,4-6,13-16H2,1-3H3,(H,27,33)(H,26,28,29). The molecule has 9 heteroatoms. The molecule has 0 radical (unpaired) electrons. The third kappa shape index (κ3) is 5.60. The van der Waals surface area contributed by atoms with E-state index in [1.165, 1.54) is 6.07 Å². The number of hydrogen-bond donors (Lipinski definition) is 2. The lowest BCUT2D eigenvalue weighted by molar-refractivity contribution is 0.0858. The van der Waals surface area contributed by atoms with Crippen molar-refractivity contribution in [3.8, 4) is 5.69 Å². The van der Waals surface area contributed by atoms with E-state index < -0.39 is 0 Å². The van der Waals surface area contributed by atoms with Gasteiger partial charge in [0.1, 0.15) is 0 Å². The number of aromatic nitrogens is 3. The van der Waals surface area contributed by atoms with Crippen molar-refractivity contribution in [2.24, 2.45) is 0 Å². The van der Waals surface area contributed by atoms with E-state index in [4.69, 9.17) is 4.74 Å². The average molecular weight is 465 g/mol. The number of amides is 1. The number of carbonyl (C=O) groups is 1. The molecule has 2 aromatic heterocycles. The van der Waals surface area contributed by atoms with Gasteiger partial charge in [-0.25, -0.2) is 4.98 Å². The molecular weight excluding hydrogens is 432 g/mol. The second-order valence-corrected chi connectivity index (χ2v) is 8.85. The van der Waals surface area contributed by atoms with Crippen molar-refractivity contribution in [2.75, 3.05) is 45.7 Å². The van der Waals surface area contributed by atoms with Crippen molar-refractivity contribution in [2.45, 2.75) is 32.3 Å². The lowest BCUT2D eigenvalue weighted by Crippen LogP contribution is -2.31. The topological polar surface area (TPSA) is 101 Å². The third-order valence-corrected chi connectivity index (χ3v) is 5.91. The fourth-order valence-electron chi connectivity index (χ4n) is 4.07. The summed E-state index contributed by atoms with van der Waals surface area (Å²) in [6, 6.07) is 10.3. The summed E-state index contributed by atoms with van der Waals surface area (Å²) in [4.78, 5) is 36.7. The lowest BCUT2D eigenvalue weighted by atomic mass is 10.1. The summed E-state index contributed by atoms with van der Waals surface area (Å²) in [6.45, 7) is 4.86. The number of fused-ring (bicyclic) bond motifs is 1. The molecule has 1 aliphatic heterocycles. The number of rotatable bonds is 9. The van der Waals surface area contributed by atoms with Crippen LogP contribution in [-0.2, 0) is 4.74 Å². The van der Waals surface area contributed by atoms with Crippen LogP contribution in [-0.4, -0.2) is 71.8 Å². The van der Waals surface area contributed by atoms with Crippen LogP contribution >= 0.6 is 0 Å². The molecule has 1 saturated heterocycles. The molecule has 0 bridgehead atoms. The van der Waals surface area contributed by atoms with E-state index in [1.807, 2.05) is 21.0 Å². The fraction of sp³-hybridized carbons (Fsp3) is 0.440. The molecule has 1 unspecified atom stereocenters. The first-order valence-electron chi connectivity index (χ1n) is 11.7. The SMILES string of the molecule is Cc1nc(NCCCN(C)C)nc2c1ccc(=O)n2-c1ccc(C(=O)NCC2CCCO2)cc1. The number of nitrogens with zero attached hydrogens (tertiary/aromatic N) is 4. The van der Waals surface area contributed by atoms with Crippen LogP contribution in [0.5, 0.6) is 0 Å². The second-order valence-electron chi connectivity index (χ2n) is 8.85. The lowest BCUT2D eigenvalue weighted by Gasteiger charge is -2.14. The van der Waals surface area contributed by atoms with Gasteiger partial charge in [0.2, 0.25) is 5.95 Å². The summed E-state index contributed by atoms with van der Waals surface area (Å²) in [5.74, 6) is 0.336. The number of ether oxygens (including phenoxy) is 1. The summed E-state index contributed by atoms with van der Waals surface area (Å²) < 4.78 is 7.12. The molecule has 1 atom stereocenters. The zero-order valence-electron chi connectivity index (χ0n) is 20.0. The molecule has 0 aliphatic carbocycles. The maximum atomic E-state index is 12.8. The van der Waals surface area contributed by atoms with Crippen LogP contribution in [0.4, 0.5) is 5.95 Å². The van der Waals surface area contributed by atoms with E-state index in [0.29, 0.717) is 29.4 Å². The van der Waals surface area contributed by atoms with Gasteiger partial charge in [0.15, 0.2) is 5.65 Å². The van der Waals surface area contributed by atoms with Gasteiger partial charge < -0.3 is 20.3 Å². The third-order valence-electron chi connectivity index (χ3n) is 5.91. The van der Waals surface area contributed by atoms with Crippen LogP contribution in [0.2, 0.25) is 0 Å². The van der Waals surface area contributed by atoms with Gasteiger partial charge in [-0.3, -0.25) is 14.2 Å². The van der Waals surface area contributed by atoms with Crippen LogP contribution in [0, 0.1) is 6.92 Å². The smallest absolute Gasteiger partial charge is 0.256 e. The van der Waals surface area contributed by atoms with Gasteiger partial charge in [0.25, 0.3) is 11.5 Å². The predicted molar refractivity (Wildman–Crippen MR) is 133 cm³/mol. The number of aryl methyl sites for hydroxylation is 1. The van der Waals surface area contributed by atoms with Gasteiger partial charge in [-0.1, -0.05) is 0 Å². The Bertz CT molecular complexity index is 1200. The van der Waals surface area contributed by atoms with Crippen molar-refractivity contribution in [1.29, 1.82) is 0 Å². The normalized spacial score (nSPS) is 15.7. The zero-order valence-corrected chi connectivity index (χ0v) is 20.0. The predicted octanol–water partition coefficient (Wildman–Crippen LogP) is 2.36. The fourth-order valence-corrected chi connectivity index (χ4v) is 4.07. The Morgan fingerprint density at radius 3 is 2.68 bits per heavy atom. The van der Waals surface area contributed by atoms with Crippen LogP contribution in [0.25, 0.3) is 16.7 Å². The maximum absolute atomic E-state index is 12.8. The van der Waals surface area contributed by atoms with Crippen molar-refractivity contribution >= 4 is 22.9 Å². The quantitative estimate of drug-likeness (QED) is 0.469. The molecule has 1 aliphatic rings. The Balaban J connectivity index is 1.56. The van der Waals surface area contributed by atoms with Crippen LogP contribution < -0.4 is 16.2 Å². The van der Waals surface area contributed by atoms with E-state index in [-0.39, 0.29) is 17.6 Å². The average Bonchev–Trinajstić information content (AvgIpc) is 3.34. The van der Waals surface area contributed by atoms with Gasteiger partial charge in [-0.2, -0.15) is 4.98 Å². The van der Waals surface area contributed by atoms with Crippen molar-refractivity contribution in [3.63, 3.8) is 0 Å². The molecule has 3 heterocycles. The van der Waals surface area contributed by atoms with E-state index in [0.717, 1.165) is 50.0 Å². The molecule has 4 rings (SSSR count). The summed E-state index contributed by atoms with van der Waals surface area (Å²) in [7, 11) is 4.07. The minimum absolute atomic E-state index is 0.0890. The van der Waals surface area contributed by atoms with Gasteiger partial charge >= 0.3 is 0 Å². The Labute approximate surface area is 199 Å². The second kappa shape index (κ2) is 10.8. The molecule has 3 aromatic rings. The van der Waals surface area contributed by atoms with Gasteiger partial charge in [0, 0.05) is 36.7 Å². The molecular formula is C25H32N6O3. The molecule has 0 saturated carbocycles.